The zero-order chi connectivity index (χ0) is 14.9. The molecule has 2 aromatic carbocycles. The summed E-state index contributed by atoms with van der Waals surface area (Å²) >= 11 is 12.2. The normalized spacial score (nSPS) is 10.7. The molecule has 20 heavy (non-hydrogen) atoms. The standard InChI is InChI=1S/C12H12Cl2N4S2/c13-5-1-7(15)9(17)3-11(5)19-20-12-4-10(18)8(16)2-6(12)14/h1-4H,15-18H2. The van der Waals surface area contributed by atoms with Gasteiger partial charge in [-0.05, 0) is 24.3 Å². The molecule has 0 bridgehead atoms. The molecular weight excluding hydrogens is 335 g/mol. The van der Waals surface area contributed by atoms with Crippen molar-refractivity contribution in [2.45, 2.75) is 9.79 Å². The van der Waals surface area contributed by atoms with Crippen molar-refractivity contribution in [3.63, 3.8) is 0 Å². The highest BCUT2D eigenvalue weighted by molar-refractivity contribution is 8.76. The first-order valence-corrected chi connectivity index (χ1v) is 8.32. The van der Waals surface area contributed by atoms with Crippen LogP contribution in [0.15, 0.2) is 34.1 Å². The summed E-state index contributed by atoms with van der Waals surface area (Å²) in [4.78, 5) is 1.60. The Labute approximate surface area is 134 Å². The lowest BCUT2D eigenvalue weighted by Crippen LogP contribution is -1.95. The molecule has 0 aliphatic heterocycles. The zero-order valence-corrected chi connectivity index (χ0v) is 13.3. The van der Waals surface area contributed by atoms with Gasteiger partial charge in [-0.15, -0.1) is 0 Å². The molecule has 2 rings (SSSR count). The van der Waals surface area contributed by atoms with Crippen LogP contribution in [0.4, 0.5) is 22.7 Å². The summed E-state index contributed by atoms with van der Waals surface area (Å²) in [5, 5.41) is 1.07. The number of nitrogen functional groups attached to an aromatic ring is 4. The van der Waals surface area contributed by atoms with Crippen LogP contribution in [0.25, 0.3) is 0 Å². The number of hydrogen-bond acceptors (Lipinski definition) is 6. The third-order valence-electron chi connectivity index (χ3n) is 2.50. The second kappa shape index (κ2) is 6.13. The molecule has 8 N–H and O–H groups in total. The maximum atomic E-state index is 6.12. The molecule has 0 radical (unpaired) electrons. The van der Waals surface area contributed by atoms with Gasteiger partial charge in [-0.3, -0.25) is 0 Å². The lowest BCUT2D eigenvalue weighted by atomic mass is 10.3. The molecule has 8 heteroatoms. The second-order valence-corrected chi connectivity index (χ2v) is 7.02. The Morgan fingerprint density at radius 1 is 0.600 bits per heavy atom. The lowest BCUT2D eigenvalue weighted by molar-refractivity contribution is 1.46. The lowest BCUT2D eigenvalue weighted by Gasteiger charge is -2.09. The average molecular weight is 347 g/mol. The first-order chi connectivity index (χ1) is 9.38. The smallest absolute Gasteiger partial charge is 0.0572 e. The number of rotatable bonds is 3. The van der Waals surface area contributed by atoms with E-state index in [-0.39, 0.29) is 0 Å². The van der Waals surface area contributed by atoms with E-state index in [1.165, 1.54) is 21.6 Å². The van der Waals surface area contributed by atoms with Gasteiger partial charge in [-0.25, -0.2) is 0 Å². The van der Waals surface area contributed by atoms with Crippen molar-refractivity contribution >= 4 is 67.5 Å². The fourth-order valence-corrected chi connectivity index (χ4v) is 4.41. The Balaban J connectivity index is 2.21. The zero-order valence-electron chi connectivity index (χ0n) is 10.2. The summed E-state index contributed by atoms with van der Waals surface area (Å²) in [7, 11) is 2.84. The van der Waals surface area contributed by atoms with Gasteiger partial charge in [0.25, 0.3) is 0 Å². The van der Waals surface area contributed by atoms with E-state index in [0.717, 1.165) is 9.79 Å². The summed E-state index contributed by atoms with van der Waals surface area (Å²) in [6.45, 7) is 0. The Morgan fingerprint density at radius 2 is 0.900 bits per heavy atom. The van der Waals surface area contributed by atoms with E-state index < -0.39 is 0 Å². The Hall–Kier alpha value is -1.08. The van der Waals surface area contributed by atoms with Gasteiger partial charge in [0.05, 0.1) is 32.8 Å². The van der Waals surface area contributed by atoms with E-state index in [0.29, 0.717) is 32.8 Å². The van der Waals surface area contributed by atoms with Crippen LogP contribution >= 0.6 is 44.8 Å². The van der Waals surface area contributed by atoms with E-state index in [1.807, 2.05) is 0 Å². The Morgan fingerprint density at radius 3 is 1.25 bits per heavy atom. The molecule has 0 spiro atoms. The van der Waals surface area contributed by atoms with E-state index in [4.69, 9.17) is 46.1 Å². The SMILES string of the molecule is Nc1cc(Cl)c(SSc2cc(N)c(N)cc2Cl)cc1N. The molecule has 0 fully saturated rings. The molecule has 0 aromatic heterocycles. The van der Waals surface area contributed by atoms with Crippen LogP contribution in [-0.2, 0) is 0 Å². The number of anilines is 4. The minimum Gasteiger partial charge on any atom is -0.397 e. The van der Waals surface area contributed by atoms with Crippen molar-refractivity contribution in [1.82, 2.24) is 0 Å². The molecule has 106 valence electrons. The molecule has 0 aliphatic rings. The van der Waals surface area contributed by atoms with Crippen molar-refractivity contribution in [3.8, 4) is 0 Å². The van der Waals surface area contributed by atoms with E-state index in [2.05, 4.69) is 0 Å². The van der Waals surface area contributed by atoms with Gasteiger partial charge < -0.3 is 22.9 Å². The van der Waals surface area contributed by atoms with Crippen molar-refractivity contribution in [1.29, 1.82) is 0 Å². The molecule has 0 aliphatic carbocycles. The number of benzene rings is 2. The van der Waals surface area contributed by atoms with Gasteiger partial charge in [0.1, 0.15) is 0 Å². The van der Waals surface area contributed by atoms with Gasteiger partial charge >= 0.3 is 0 Å². The first kappa shape index (κ1) is 15.3. The van der Waals surface area contributed by atoms with Crippen LogP contribution in [0.2, 0.25) is 10.0 Å². The predicted molar refractivity (Wildman–Crippen MR) is 92.3 cm³/mol. The molecule has 0 saturated heterocycles. The van der Waals surface area contributed by atoms with Crippen LogP contribution in [-0.4, -0.2) is 0 Å². The van der Waals surface area contributed by atoms with Gasteiger partial charge in [0.2, 0.25) is 0 Å². The first-order valence-electron chi connectivity index (χ1n) is 5.42. The van der Waals surface area contributed by atoms with Crippen LogP contribution in [0, 0.1) is 0 Å². The van der Waals surface area contributed by atoms with Crippen molar-refractivity contribution in [2.75, 3.05) is 22.9 Å². The average Bonchev–Trinajstić information content (AvgIpc) is 2.37. The fourth-order valence-electron chi connectivity index (χ4n) is 1.39. The number of nitrogens with two attached hydrogens (primary N) is 4. The van der Waals surface area contributed by atoms with Gasteiger partial charge in [0, 0.05) is 9.79 Å². The third-order valence-corrected chi connectivity index (χ3v) is 5.79. The topological polar surface area (TPSA) is 104 Å². The minimum atomic E-state index is 0.458. The molecular formula is C12H12Cl2N4S2. The molecule has 0 unspecified atom stereocenters. The number of halogens is 2. The molecule has 4 nitrogen and oxygen atoms in total. The summed E-state index contributed by atoms with van der Waals surface area (Å²) in [6.07, 6.45) is 0. The van der Waals surface area contributed by atoms with Crippen LogP contribution < -0.4 is 22.9 Å². The van der Waals surface area contributed by atoms with Gasteiger partial charge in [-0.2, -0.15) is 0 Å². The molecule has 0 atom stereocenters. The second-order valence-electron chi connectivity index (χ2n) is 3.99. The fraction of sp³-hybridized carbons (Fsp3) is 0. The summed E-state index contributed by atoms with van der Waals surface area (Å²) in [5.41, 5.74) is 24.8. The molecule has 2 aromatic rings. The highest BCUT2D eigenvalue weighted by Crippen LogP contribution is 2.45. The van der Waals surface area contributed by atoms with Crippen molar-refractivity contribution in [3.05, 3.63) is 34.3 Å². The molecule has 0 saturated carbocycles. The third kappa shape index (κ3) is 3.32. The largest absolute Gasteiger partial charge is 0.397 e. The van der Waals surface area contributed by atoms with E-state index >= 15 is 0 Å². The van der Waals surface area contributed by atoms with Crippen LogP contribution in [0.3, 0.4) is 0 Å². The van der Waals surface area contributed by atoms with E-state index in [1.54, 1.807) is 24.3 Å². The highest BCUT2D eigenvalue weighted by Gasteiger charge is 2.10. The van der Waals surface area contributed by atoms with Crippen molar-refractivity contribution < 1.29 is 0 Å². The maximum absolute atomic E-state index is 6.12. The quantitative estimate of drug-likeness (QED) is 0.492. The van der Waals surface area contributed by atoms with Gasteiger partial charge in [-0.1, -0.05) is 44.8 Å². The minimum absolute atomic E-state index is 0.458. The van der Waals surface area contributed by atoms with Crippen LogP contribution in [0.1, 0.15) is 0 Å². The monoisotopic (exact) mass is 346 g/mol. The summed E-state index contributed by atoms with van der Waals surface area (Å²) in [6, 6.07) is 6.70. The highest BCUT2D eigenvalue weighted by atomic mass is 35.5. The molecule has 0 amide bonds. The van der Waals surface area contributed by atoms with Crippen LogP contribution in [0.5, 0.6) is 0 Å². The van der Waals surface area contributed by atoms with E-state index in [9.17, 15) is 0 Å². The number of hydrogen-bond donors (Lipinski definition) is 4. The maximum Gasteiger partial charge on any atom is 0.0572 e. The molecule has 0 heterocycles. The summed E-state index contributed by atoms with van der Waals surface area (Å²) in [5.74, 6) is 0. The van der Waals surface area contributed by atoms with Crippen molar-refractivity contribution in [2.24, 2.45) is 0 Å². The van der Waals surface area contributed by atoms with Gasteiger partial charge in [0.15, 0.2) is 0 Å². The Bertz CT molecular complexity index is 607. The Kier molecular flexibility index (Phi) is 4.70. The summed E-state index contributed by atoms with van der Waals surface area (Å²) < 4.78 is 0. The predicted octanol–water partition coefficient (Wildman–Crippen LogP) is 4.12.